The van der Waals surface area contributed by atoms with Crippen molar-refractivity contribution in [2.24, 2.45) is 11.8 Å². The van der Waals surface area contributed by atoms with Gasteiger partial charge in [-0.2, -0.15) is 0 Å². The summed E-state index contributed by atoms with van der Waals surface area (Å²) in [7, 11) is 0. The molecule has 1 nitrogen and oxygen atoms in total. The molecule has 2 rings (SSSR count). The van der Waals surface area contributed by atoms with Gasteiger partial charge in [0.25, 0.3) is 0 Å². The summed E-state index contributed by atoms with van der Waals surface area (Å²) in [5, 5.41) is 3.78. The smallest absolute Gasteiger partial charge is 0.0931 e. The topological polar surface area (TPSA) is 12.0 Å². The van der Waals surface area contributed by atoms with Crippen molar-refractivity contribution in [3.63, 3.8) is 0 Å². The highest BCUT2D eigenvalue weighted by Gasteiger charge is 2.26. The van der Waals surface area contributed by atoms with Gasteiger partial charge in [0.1, 0.15) is 0 Å². The van der Waals surface area contributed by atoms with Crippen molar-refractivity contribution in [2.75, 3.05) is 0 Å². The Kier molecular flexibility index (Phi) is 4.51. The van der Waals surface area contributed by atoms with Gasteiger partial charge in [0.05, 0.1) is 4.34 Å². The predicted octanol–water partition coefficient (Wildman–Crippen LogP) is 4.88. The molecule has 1 aromatic heterocycles. The molecule has 1 heterocycles. The van der Waals surface area contributed by atoms with E-state index in [0.717, 1.165) is 16.2 Å². The van der Waals surface area contributed by atoms with E-state index in [1.54, 1.807) is 11.3 Å². The van der Waals surface area contributed by atoms with Crippen molar-refractivity contribution < 1.29 is 0 Å². The van der Waals surface area contributed by atoms with Crippen LogP contribution in [0.1, 0.15) is 51.0 Å². The molecule has 17 heavy (non-hydrogen) atoms. The van der Waals surface area contributed by atoms with Crippen LogP contribution in [-0.2, 0) is 0 Å². The van der Waals surface area contributed by atoms with Crippen LogP contribution >= 0.6 is 22.9 Å². The largest absolute Gasteiger partial charge is 0.306 e. The molecule has 96 valence electrons. The van der Waals surface area contributed by atoms with E-state index in [1.165, 1.54) is 24.1 Å². The summed E-state index contributed by atoms with van der Waals surface area (Å²) in [6.45, 7) is 6.99. The highest BCUT2D eigenvalue weighted by atomic mass is 35.5. The van der Waals surface area contributed by atoms with E-state index in [9.17, 15) is 0 Å². The van der Waals surface area contributed by atoms with Gasteiger partial charge in [-0.1, -0.05) is 31.9 Å². The Hall–Kier alpha value is -0.0500. The molecule has 0 bridgehead atoms. The van der Waals surface area contributed by atoms with Crippen LogP contribution in [0.15, 0.2) is 12.1 Å². The second kappa shape index (κ2) is 5.73. The lowest BCUT2D eigenvalue weighted by molar-refractivity contribution is 0.217. The lowest BCUT2D eigenvalue weighted by Gasteiger charge is -2.35. The summed E-state index contributed by atoms with van der Waals surface area (Å²) < 4.78 is 0.888. The summed E-state index contributed by atoms with van der Waals surface area (Å²) in [6, 6.07) is 5.22. The first-order valence-electron chi connectivity index (χ1n) is 6.57. The molecule has 0 radical (unpaired) electrons. The van der Waals surface area contributed by atoms with Crippen LogP contribution in [0.2, 0.25) is 4.34 Å². The first-order chi connectivity index (χ1) is 8.06. The fraction of sp³-hybridized carbons (Fsp3) is 0.714. The number of halogens is 1. The van der Waals surface area contributed by atoms with Gasteiger partial charge in [-0.3, -0.25) is 0 Å². The molecule has 1 aliphatic carbocycles. The van der Waals surface area contributed by atoms with Crippen molar-refractivity contribution in [2.45, 2.75) is 52.1 Å². The maximum atomic E-state index is 5.99. The maximum absolute atomic E-state index is 5.99. The van der Waals surface area contributed by atoms with Crippen molar-refractivity contribution >= 4 is 22.9 Å². The zero-order chi connectivity index (χ0) is 12.4. The molecule has 0 saturated heterocycles. The van der Waals surface area contributed by atoms with Crippen molar-refractivity contribution in [3.8, 4) is 0 Å². The van der Waals surface area contributed by atoms with Gasteiger partial charge in [-0.15, -0.1) is 11.3 Å². The summed E-state index contributed by atoms with van der Waals surface area (Å²) in [5.74, 6) is 1.66. The van der Waals surface area contributed by atoms with Crippen LogP contribution in [-0.4, -0.2) is 6.04 Å². The fourth-order valence-electron chi connectivity index (χ4n) is 2.73. The van der Waals surface area contributed by atoms with Gasteiger partial charge in [-0.25, -0.2) is 0 Å². The van der Waals surface area contributed by atoms with E-state index in [1.807, 2.05) is 6.07 Å². The minimum atomic E-state index is 0.422. The van der Waals surface area contributed by atoms with E-state index >= 15 is 0 Å². The van der Waals surface area contributed by atoms with Gasteiger partial charge in [0.15, 0.2) is 0 Å². The Bertz CT molecular complexity index is 363. The Balaban J connectivity index is 1.95. The first-order valence-corrected chi connectivity index (χ1v) is 7.77. The Labute approximate surface area is 114 Å². The molecule has 0 amide bonds. The Morgan fingerprint density at radius 3 is 2.76 bits per heavy atom. The number of rotatable bonds is 3. The molecule has 0 spiro atoms. The maximum Gasteiger partial charge on any atom is 0.0931 e. The molecule has 4 unspecified atom stereocenters. The fourth-order valence-corrected chi connectivity index (χ4v) is 3.80. The third-order valence-electron chi connectivity index (χ3n) is 3.94. The van der Waals surface area contributed by atoms with Crippen molar-refractivity contribution in [1.82, 2.24) is 5.32 Å². The minimum absolute atomic E-state index is 0.422. The highest BCUT2D eigenvalue weighted by molar-refractivity contribution is 7.16. The summed E-state index contributed by atoms with van der Waals surface area (Å²) in [5.41, 5.74) is 0. The first kappa shape index (κ1) is 13.4. The Morgan fingerprint density at radius 2 is 2.12 bits per heavy atom. The second-order valence-electron chi connectivity index (χ2n) is 5.53. The van der Waals surface area contributed by atoms with E-state index in [-0.39, 0.29) is 0 Å². The molecule has 1 aliphatic rings. The van der Waals surface area contributed by atoms with Crippen LogP contribution in [0.3, 0.4) is 0 Å². The van der Waals surface area contributed by atoms with E-state index in [4.69, 9.17) is 11.6 Å². The zero-order valence-electron chi connectivity index (χ0n) is 10.9. The lowest BCUT2D eigenvalue weighted by atomic mass is 9.80. The third-order valence-corrected chi connectivity index (χ3v) is 5.36. The van der Waals surface area contributed by atoms with E-state index in [2.05, 4.69) is 32.2 Å². The van der Waals surface area contributed by atoms with Crippen LogP contribution < -0.4 is 5.32 Å². The van der Waals surface area contributed by atoms with Gasteiger partial charge in [0.2, 0.25) is 0 Å². The molecular formula is C14H22ClNS. The van der Waals surface area contributed by atoms with Gasteiger partial charge >= 0.3 is 0 Å². The summed E-state index contributed by atoms with van der Waals surface area (Å²) >= 11 is 7.68. The number of nitrogens with one attached hydrogen (secondary N) is 1. The number of hydrogen-bond acceptors (Lipinski definition) is 2. The highest BCUT2D eigenvalue weighted by Crippen LogP contribution is 2.32. The monoisotopic (exact) mass is 271 g/mol. The van der Waals surface area contributed by atoms with Crippen LogP contribution in [0.25, 0.3) is 0 Å². The lowest BCUT2D eigenvalue weighted by Crippen LogP contribution is -2.40. The molecule has 1 fully saturated rings. The predicted molar refractivity (Wildman–Crippen MR) is 76.8 cm³/mol. The standard InChI is InChI=1S/C14H22ClNS/c1-9-4-5-10(2)12(8-9)16-11(3)13-6-7-14(15)17-13/h6-7,9-12,16H,4-5,8H2,1-3H3. The Morgan fingerprint density at radius 1 is 1.35 bits per heavy atom. The van der Waals surface area contributed by atoms with E-state index in [0.29, 0.717) is 12.1 Å². The van der Waals surface area contributed by atoms with E-state index < -0.39 is 0 Å². The summed E-state index contributed by atoms with van der Waals surface area (Å²) in [6.07, 6.45) is 4.06. The number of hydrogen-bond donors (Lipinski definition) is 1. The van der Waals surface area contributed by atoms with Gasteiger partial charge in [0, 0.05) is 17.0 Å². The quantitative estimate of drug-likeness (QED) is 0.826. The zero-order valence-corrected chi connectivity index (χ0v) is 12.4. The van der Waals surface area contributed by atoms with Crippen LogP contribution in [0.5, 0.6) is 0 Å². The molecule has 1 aromatic rings. The normalized spacial score (nSPS) is 31.4. The second-order valence-corrected chi connectivity index (χ2v) is 7.28. The number of thiophene rings is 1. The minimum Gasteiger partial charge on any atom is -0.306 e. The average Bonchev–Trinajstić information content (AvgIpc) is 2.70. The molecule has 3 heteroatoms. The third kappa shape index (κ3) is 3.46. The van der Waals surface area contributed by atoms with Crippen molar-refractivity contribution in [3.05, 3.63) is 21.3 Å². The SMILES string of the molecule is CC1CCC(C)C(NC(C)c2ccc(Cl)s2)C1. The average molecular weight is 272 g/mol. The van der Waals surface area contributed by atoms with Crippen LogP contribution in [0.4, 0.5) is 0 Å². The van der Waals surface area contributed by atoms with Gasteiger partial charge < -0.3 is 5.32 Å². The molecule has 0 aliphatic heterocycles. The molecule has 0 aromatic carbocycles. The van der Waals surface area contributed by atoms with Crippen molar-refractivity contribution in [1.29, 1.82) is 0 Å². The molecule has 1 N–H and O–H groups in total. The molecule has 1 saturated carbocycles. The molecule has 4 atom stereocenters. The van der Waals surface area contributed by atoms with Gasteiger partial charge in [-0.05, 0) is 43.7 Å². The molecular weight excluding hydrogens is 250 g/mol. The van der Waals surface area contributed by atoms with Crippen LogP contribution in [0, 0.1) is 11.8 Å². The summed E-state index contributed by atoms with van der Waals surface area (Å²) in [4.78, 5) is 1.35.